The summed E-state index contributed by atoms with van der Waals surface area (Å²) in [7, 11) is 0. The van der Waals surface area contributed by atoms with Crippen molar-refractivity contribution in [3.63, 3.8) is 0 Å². The summed E-state index contributed by atoms with van der Waals surface area (Å²) in [6, 6.07) is 7.88. The van der Waals surface area contributed by atoms with E-state index in [-0.39, 0.29) is 40.2 Å². The summed E-state index contributed by atoms with van der Waals surface area (Å²) in [5.41, 5.74) is 0.127. The van der Waals surface area contributed by atoms with Crippen molar-refractivity contribution in [2.45, 2.75) is 96.8 Å². The quantitative estimate of drug-likeness (QED) is 0.108. The lowest BCUT2D eigenvalue weighted by Crippen LogP contribution is -2.11. The molecule has 4 N–H and O–H groups in total. The first-order valence-electron chi connectivity index (χ1n) is 13.9. The number of carboxylic acid groups (broad SMARTS) is 1. The molecule has 0 aromatic heterocycles. The molecule has 0 unspecified atom stereocenters. The molecule has 7 nitrogen and oxygen atoms in total. The van der Waals surface area contributed by atoms with E-state index in [1.807, 2.05) is 0 Å². The molecular weight excluding hydrogens is 482 g/mol. The molecule has 2 rings (SSSR count). The molecule has 0 saturated carbocycles. The number of rotatable bonds is 19. The molecule has 7 heteroatoms. The summed E-state index contributed by atoms with van der Waals surface area (Å²) < 4.78 is 5.71. The van der Waals surface area contributed by atoms with Gasteiger partial charge in [0.1, 0.15) is 17.2 Å². The molecule has 0 heterocycles. The number of hydrogen-bond donors (Lipinski definition) is 4. The van der Waals surface area contributed by atoms with Crippen LogP contribution in [0, 0.1) is 0 Å². The van der Waals surface area contributed by atoms with Crippen LogP contribution in [0.5, 0.6) is 23.0 Å². The second-order valence-electron chi connectivity index (χ2n) is 9.69. The van der Waals surface area contributed by atoms with E-state index in [1.165, 1.54) is 88.1 Å². The average Bonchev–Trinajstić information content (AvgIpc) is 2.87. The van der Waals surface area contributed by atoms with E-state index < -0.39 is 5.97 Å². The fourth-order valence-electron chi connectivity index (χ4n) is 4.17. The zero-order valence-corrected chi connectivity index (χ0v) is 22.6. The van der Waals surface area contributed by atoms with E-state index in [9.17, 15) is 24.9 Å². The van der Waals surface area contributed by atoms with E-state index in [0.717, 1.165) is 31.7 Å². The zero-order valence-electron chi connectivity index (χ0n) is 22.6. The molecule has 1 amide bonds. The number of phenolic OH excluding ortho intramolecular Hbond substituents is 2. The van der Waals surface area contributed by atoms with Crippen molar-refractivity contribution >= 4 is 17.6 Å². The van der Waals surface area contributed by atoms with Gasteiger partial charge in [0.05, 0.1) is 11.3 Å². The first kappa shape index (κ1) is 30.7. The van der Waals surface area contributed by atoms with Crippen LogP contribution in [0.1, 0.15) is 107 Å². The molecule has 38 heavy (non-hydrogen) atoms. The van der Waals surface area contributed by atoms with Crippen LogP contribution < -0.4 is 10.1 Å². The number of carboxylic acids is 1. The lowest BCUT2D eigenvalue weighted by atomic mass is 10.1. The van der Waals surface area contributed by atoms with Gasteiger partial charge in [0.15, 0.2) is 5.75 Å². The average molecular weight is 526 g/mol. The number of allylic oxidation sites excluding steroid dienone is 2. The predicted molar refractivity (Wildman–Crippen MR) is 151 cm³/mol. The fourth-order valence-corrected chi connectivity index (χ4v) is 4.17. The van der Waals surface area contributed by atoms with Crippen molar-refractivity contribution in [1.82, 2.24) is 0 Å². The number of amides is 1. The monoisotopic (exact) mass is 525 g/mol. The molecule has 2 aromatic carbocycles. The Labute approximate surface area is 226 Å². The Hall–Kier alpha value is -3.48. The smallest absolute Gasteiger partial charge is 0.335 e. The van der Waals surface area contributed by atoms with Gasteiger partial charge in [0.25, 0.3) is 0 Å². The first-order chi connectivity index (χ1) is 18.4. The standard InChI is InChI=1S/C31H43NO6/c1-2-3-4-5-6-7-8-9-10-11-12-13-14-15-16-17-30(35)32-28-23-25(33)18-19-29(28)38-27-21-24(31(36)37)20-26(34)22-27/h12-13,18-23,33-34H,2-11,14-17H2,1H3,(H,32,35)(H,36,37)/b13-12-. The highest BCUT2D eigenvalue weighted by molar-refractivity contribution is 5.92. The molecule has 0 aliphatic rings. The zero-order chi connectivity index (χ0) is 27.6. The first-order valence-corrected chi connectivity index (χ1v) is 13.9. The largest absolute Gasteiger partial charge is 0.508 e. The van der Waals surface area contributed by atoms with Gasteiger partial charge < -0.3 is 25.4 Å². The number of aromatic carboxylic acids is 1. The number of ether oxygens (including phenoxy) is 1. The van der Waals surface area contributed by atoms with Crippen LogP contribution in [-0.4, -0.2) is 27.2 Å². The summed E-state index contributed by atoms with van der Waals surface area (Å²) in [4.78, 5) is 23.7. The van der Waals surface area contributed by atoms with Gasteiger partial charge in [-0.05, 0) is 56.4 Å². The number of carbonyl (C=O) groups is 2. The second kappa shape index (κ2) is 17.9. The number of aromatic hydroxyl groups is 2. The van der Waals surface area contributed by atoms with Crippen LogP contribution in [0.25, 0.3) is 0 Å². The molecule has 0 radical (unpaired) electrons. The van der Waals surface area contributed by atoms with Gasteiger partial charge in [-0.2, -0.15) is 0 Å². The maximum absolute atomic E-state index is 12.5. The third-order valence-electron chi connectivity index (χ3n) is 6.27. The van der Waals surface area contributed by atoms with Crippen LogP contribution in [0.4, 0.5) is 5.69 Å². The van der Waals surface area contributed by atoms with Crippen LogP contribution >= 0.6 is 0 Å². The number of hydrogen-bond acceptors (Lipinski definition) is 5. The lowest BCUT2D eigenvalue weighted by molar-refractivity contribution is -0.116. The van der Waals surface area contributed by atoms with Crippen LogP contribution in [-0.2, 0) is 4.79 Å². The molecule has 0 spiro atoms. The van der Waals surface area contributed by atoms with E-state index in [2.05, 4.69) is 24.4 Å². The Morgan fingerprint density at radius 2 is 1.42 bits per heavy atom. The van der Waals surface area contributed by atoms with Gasteiger partial charge in [-0.3, -0.25) is 4.79 Å². The van der Waals surface area contributed by atoms with E-state index in [1.54, 1.807) is 0 Å². The number of phenols is 2. The normalized spacial score (nSPS) is 11.1. The number of unbranched alkanes of at least 4 members (excludes halogenated alkanes) is 11. The molecule has 0 aliphatic carbocycles. The van der Waals surface area contributed by atoms with Gasteiger partial charge in [0, 0.05) is 18.6 Å². The van der Waals surface area contributed by atoms with Crippen LogP contribution in [0.15, 0.2) is 48.6 Å². The Kier molecular flexibility index (Phi) is 14.5. The molecule has 0 atom stereocenters. The highest BCUT2D eigenvalue weighted by Crippen LogP contribution is 2.34. The number of nitrogens with one attached hydrogen (secondary N) is 1. The van der Waals surface area contributed by atoms with Crippen molar-refractivity contribution in [1.29, 1.82) is 0 Å². The minimum absolute atomic E-state index is 0.0492. The third-order valence-corrected chi connectivity index (χ3v) is 6.27. The minimum atomic E-state index is -1.21. The Morgan fingerprint density at radius 3 is 2.08 bits per heavy atom. The molecule has 208 valence electrons. The molecule has 0 aliphatic heterocycles. The maximum atomic E-state index is 12.5. The van der Waals surface area contributed by atoms with Gasteiger partial charge in [-0.1, -0.05) is 70.4 Å². The van der Waals surface area contributed by atoms with Gasteiger partial charge in [-0.25, -0.2) is 4.79 Å². The van der Waals surface area contributed by atoms with Gasteiger partial charge in [-0.15, -0.1) is 0 Å². The van der Waals surface area contributed by atoms with Crippen molar-refractivity contribution in [3.8, 4) is 23.0 Å². The van der Waals surface area contributed by atoms with Crippen molar-refractivity contribution < 1.29 is 29.6 Å². The summed E-state index contributed by atoms with van der Waals surface area (Å²) in [5, 5.41) is 31.6. The third kappa shape index (κ3) is 12.7. The molecular formula is C31H43NO6. The Morgan fingerprint density at radius 1 is 0.789 bits per heavy atom. The maximum Gasteiger partial charge on any atom is 0.335 e. The molecule has 0 fully saturated rings. The summed E-state index contributed by atoms with van der Waals surface area (Å²) in [5.74, 6) is -1.40. The van der Waals surface area contributed by atoms with Crippen LogP contribution in [0.2, 0.25) is 0 Å². The van der Waals surface area contributed by atoms with Gasteiger partial charge >= 0.3 is 5.97 Å². The van der Waals surface area contributed by atoms with E-state index in [0.29, 0.717) is 6.42 Å². The van der Waals surface area contributed by atoms with Crippen molar-refractivity contribution in [2.75, 3.05) is 5.32 Å². The van der Waals surface area contributed by atoms with E-state index >= 15 is 0 Å². The Balaban J connectivity index is 1.67. The predicted octanol–water partition coefficient (Wildman–Crippen LogP) is 8.56. The number of carbonyl (C=O) groups excluding carboxylic acids is 1. The summed E-state index contributed by atoms with van der Waals surface area (Å²) in [6.07, 6.45) is 20.5. The topological polar surface area (TPSA) is 116 Å². The molecule has 0 bridgehead atoms. The van der Waals surface area contributed by atoms with Crippen molar-refractivity contribution in [2.24, 2.45) is 0 Å². The molecule has 2 aromatic rings. The molecule has 0 saturated heterocycles. The van der Waals surface area contributed by atoms with E-state index in [4.69, 9.17) is 4.74 Å². The number of anilines is 1. The van der Waals surface area contributed by atoms with Crippen LogP contribution in [0.3, 0.4) is 0 Å². The second-order valence-corrected chi connectivity index (χ2v) is 9.69. The minimum Gasteiger partial charge on any atom is -0.508 e. The SMILES string of the molecule is CCCCCCCCCCC/C=C\CCCCC(=O)Nc1cc(O)ccc1Oc1cc(O)cc(C(=O)O)c1. The fraction of sp³-hybridized carbons (Fsp3) is 0.484. The highest BCUT2D eigenvalue weighted by atomic mass is 16.5. The van der Waals surface area contributed by atoms with Gasteiger partial charge in [0.2, 0.25) is 5.91 Å². The number of benzene rings is 2. The van der Waals surface area contributed by atoms with Crippen molar-refractivity contribution in [3.05, 3.63) is 54.1 Å². The summed E-state index contributed by atoms with van der Waals surface area (Å²) >= 11 is 0. The lowest BCUT2D eigenvalue weighted by Gasteiger charge is -2.13. The Bertz CT molecular complexity index is 1030. The highest BCUT2D eigenvalue weighted by Gasteiger charge is 2.13. The summed E-state index contributed by atoms with van der Waals surface area (Å²) in [6.45, 7) is 2.25.